The lowest BCUT2D eigenvalue weighted by Crippen LogP contribution is -2.50. The van der Waals surface area contributed by atoms with Crippen LogP contribution in [0, 0.1) is 0 Å². The van der Waals surface area contributed by atoms with Gasteiger partial charge in [-0.15, -0.1) is 0 Å². The van der Waals surface area contributed by atoms with Gasteiger partial charge in [0.1, 0.15) is 5.82 Å². The predicted octanol–water partition coefficient (Wildman–Crippen LogP) is 3.52. The number of pyridine rings is 1. The Morgan fingerprint density at radius 2 is 1.79 bits per heavy atom. The van der Waals surface area contributed by atoms with Gasteiger partial charge in [-0.25, -0.2) is 4.98 Å². The van der Waals surface area contributed by atoms with Crippen molar-refractivity contribution >= 4 is 29.1 Å². The van der Waals surface area contributed by atoms with E-state index in [-0.39, 0.29) is 23.8 Å². The summed E-state index contributed by atoms with van der Waals surface area (Å²) in [4.78, 5) is 43.3. The number of nitrogens with zero attached hydrogens (tertiary/aromatic N) is 2. The lowest BCUT2D eigenvalue weighted by molar-refractivity contribution is 0.0924. The standard InChI is InChI=1S/C26H33N5O3/c1-4-15(2)29-23-11-17(5-9-22(23)25(27)33)26(34)30-19-12-20-7-8-21(13-19)31(20)24-10-6-18(14-28-24)16(3)32/h5-6,9-11,14-15,19-21,29H,4,7-8,12-13H2,1-3H3,(H2,27,33)(H,30,34)/t15-,19?,20-,21+/m0/s1. The highest BCUT2D eigenvalue weighted by molar-refractivity contribution is 6.02. The van der Waals surface area contributed by atoms with Crippen LogP contribution >= 0.6 is 0 Å². The highest BCUT2D eigenvalue weighted by Crippen LogP contribution is 2.38. The number of benzene rings is 1. The molecule has 8 nitrogen and oxygen atoms in total. The maximum absolute atomic E-state index is 13.1. The number of primary amides is 1. The number of aromatic nitrogens is 1. The first kappa shape index (κ1) is 23.7. The van der Waals surface area contributed by atoms with E-state index in [9.17, 15) is 14.4 Å². The van der Waals surface area contributed by atoms with Crippen molar-refractivity contribution in [3.05, 3.63) is 53.2 Å². The van der Waals surface area contributed by atoms with Crippen LogP contribution in [0.15, 0.2) is 36.5 Å². The Morgan fingerprint density at radius 1 is 1.12 bits per heavy atom. The molecule has 2 aromatic rings. The van der Waals surface area contributed by atoms with E-state index in [1.54, 1.807) is 31.3 Å². The molecule has 1 aromatic carbocycles. The van der Waals surface area contributed by atoms with Crippen molar-refractivity contribution < 1.29 is 14.4 Å². The van der Waals surface area contributed by atoms with Crippen LogP contribution in [0.3, 0.4) is 0 Å². The SMILES string of the molecule is CC[C@H](C)Nc1cc(C(=O)NC2C[C@H]3CC[C@@H](C2)N3c2ccc(C(C)=O)cn2)ccc1C(N)=O. The summed E-state index contributed by atoms with van der Waals surface area (Å²) in [5, 5.41) is 6.48. The normalized spacial score (nSPS) is 22.2. The smallest absolute Gasteiger partial charge is 0.251 e. The fourth-order valence-electron chi connectivity index (χ4n) is 5.07. The van der Waals surface area contributed by atoms with E-state index in [0.29, 0.717) is 34.5 Å². The first-order valence-corrected chi connectivity index (χ1v) is 12.0. The van der Waals surface area contributed by atoms with Gasteiger partial charge >= 0.3 is 0 Å². The minimum atomic E-state index is -0.522. The van der Waals surface area contributed by atoms with Crippen molar-refractivity contribution in [3.8, 4) is 0 Å². The summed E-state index contributed by atoms with van der Waals surface area (Å²) in [6.07, 6.45) is 6.33. The summed E-state index contributed by atoms with van der Waals surface area (Å²) in [5.41, 5.74) is 7.61. The van der Waals surface area contributed by atoms with Crippen molar-refractivity contribution in [2.24, 2.45) is 5.73 Å². The van der Waals surface area contributed by atoms with Gasteiger partial charge in [-0.1, -0.05) is 6.92 Å². The van der Waals surface area contributed by atoms with E-state index in [1.807, 2.05) is 26.0 Å². The van der Waals surface area contributed by atoms with Crippen molar-refractivity contribution in [1.29, 1.82) is 0 Å². The zero-order valence-corrected chi connectivity index (χ0v) is 20.0. The Balaban J connectivity index is 1.44. The van der Waals surface area contributed by atoms with Crippen LogP contribution in [0.25, 0.3) is 0 Å². The topological polar surface area (TPSA) is 117 Å². The third kappa shape index (κ3) is 4.90. The van der Waals surface area contributed by atoms with Crippen LogP contribution in [0.5, 0.6) is 0 Å². The molecule has 2 amide bonds. The van der Waals surface area contributed by atoms with Crippen LogP contribution in [0.4, 0.5) is 11.5 Å². The Hall–Kier alpha value is -3.42. The van der Waals surface area contributed by atoms with Crippen molar-refractivity contribution in [1.82, 2.24) is 10.3 Å². The second-order valence-electron chi connectivity index (χ2n) is 9.47. The molecule has 0 aliphatic carbocycles. The van der Waals surface area contributed by atoms with E-state index in [2.05, 4.69) is 20.5 Å². The molecular formula is C26H33N5O3. The van der Waals surface area contributed by atoms with Crippen LogP contribution < -0.4 is 21.3 Å². The minimum absolute atomic E-state index is 0.00909. The molecule has 0 spiro atoms. The second kappa shape index (κ2) is 9.83. The molecule has 180 valence electrons. The van der Waals surface area contributed by atoms with Gasteiger partial charge < -0.3 is 21.3 Å². The number of piperidine rings is 1. The number of amides is 2. The summed E-state index contributed by atoms with van der Waals surface area (Å²) in [6.45, 7) is 5.61. The molecule has 8 heteroatoms. The maximum atomic E-state index is 13.1. The summed E-state index contributed by atoms with van der Waals surface area (Å²) in [5.74, 6) is 0.233. The number of carbonyl (C=O) groups is 3. The number of anilines is 2. The Morgan fingerprint density at radius 3 is 2.35 bits per heavy atom. The van der Waals surface area contributed by atoms with Crippen LogP contribution in [-0.4, -0.2) is 46.7 Å². The fraction of sp³-hybridized carbons (Fsp3) is 0.462. The van der Waals surface area contributed by atoms with E-state index in [1.165, 1.54) is 0 Å². The number of fused-ring (bicyclic) bond motifs is 2. The van der Waals surface area contributed by atoms with E-state index in [4.69, 9.17) is 5.73 Å². The summed E-state index contributed by atoms with van der Waals surface area (Å²) in [6, 6.07) is 9.57. The average Bonchev–Trinajstić information content (AvgIpc) is 3.08. The van der Waals surface area contributed by atoms with Crippen molar-refractivity contribution in [2.75, 3.05) is 10.2 Å². The van der Waals surface area contributed by atoms with Crippen LogP contribution in [0.2, 0.25) is 0 Å². The molecule has 2 aliphatic heterocycles. The van der Waals surface area contributed by atoms with Gasteiger partial charge in [-0.05, 0) is 76.3 Å². The summed E-state index contributed by atoms with van der Waals surface area (Å²) >= 11 is 0. The zero-order chi connectivity index (χ0) is 24.4. The number of rotatable bonds is 8. The molecule has 2 bridgehead atoms. The fourth-order valence-corrected chi connectivity index (χ4v) is 5.07. The summed E-state index contributed by atoms with van der Waals surface area (Å²) in [7, 11) is 0. The molecule has 4 atom stereocenters. The number of Topliss-reactive ketones (excluding diaryl/α,β-unsaturated/α-hetero) is 1. The second-order valence-corrected chi connectivity index (χ2v) is 9.47. The highest BCUT2D eigenvalue weighted by atomic mass is 16.2. The predicted molar refractivity (Wildman–Crippen MR) is 132 cm³/mol. The first-order valence-electron chi connectivity index (χ1n) is 12.0. The summed E-state index contributed by atoms with van der Waals surface area (Å²) < 4.78 is 0. The number of nitrogens with two attached hydrogens (primary N) is 1. The number of hydrogen-bond acceptors (Lipinski definition) is 6. The van der Waals surface area contributed by atoms with Gasteiger partial charge in [0.05, 0.1) is 5.56 Å². The first-order chi connectivity index (χ1) is 16.3. The third-order valence-electron chi connectivity index (χ3n) is 7.05. The molecule has 2 fully saturated rings. The lowest BCUT2D eigenvalue weighted by Gasteiger charge is -2.40. The number of ketones is 1. The molecule has 2 aliphatic rings. The van der Waals surface area contributed by atoms with Gasteiger partial charge in [0.25, 0.3) is 11.8 Å². The van der Waals surface area contributed by atoms with Gasteiger partial charge in [0.2, 0.25) is 0 Å². The zero-order valence-electron chi connectivity index (χ0n) is 20.0. The quantitative estimate of drug-likeness (QED) is 0.516. The largest absolute Gasteiger partial charge is 0.382 e. The molecule has 34 heavy (non-hydrogen) atoms. The molecule has 1 unspecified atom stereocenters. The third-order valence-corrected chi connectivity index (χ3v) is 7.05. The van der Waals surface area contributed by atoms with Gasteiger partial charge in [0, 0.05) is 47.2 Å². The molecule has 2 saturated heterocycles. The average molecular weight is 464 g/mol. The molecular weight excluding hydrogens is 430 g/mol. The molecule has 4 rings (SSSR count). The lowest BCUT2D eigenvalue weighted by atomic mass is 9.96. The molecule has 4 N–H and O–H groups in total. The molecule has 1 aromatic heterocycles. The van der Waals surface area contributed by atoms with Crippen molar-refractivity contribution in [2.45, 2.75) is 77.0 Å². The minimum Gasteiger partial charge on any atom is -0.382 e. The Bertz CT molecular complexity index is 1070. The number of carbonyl (C=O) groups excluding carboxylic acids is 3. The molecule has 0 radical (unpaired) electrons. The molecule has 0 saturated carbocycles. The van der Waals surface area contributed by atoms with E-state index >= 15 is 0 Å². The Kier molecular flexibility index (Phi) is 6.86. The van der Waals surface area contributed by atoms with Crippen LogP contribution in [-0.2, 0) is 0 Å². The maximum Gasteiger partial charge on any atom is 0.251 e. The monoisotopic (exact) mass is 463 g/mol. The van der Waals surface area contributed by atoms with E-state index in [0.717, 1.165) is 37.9 Å². The number of nitrogens with one attached hydrogen (secondary N) is 2. The Labute approximate surface area is 200 Å². The molecule has 3 heterocycles. The van der Waals surface area contributed by atoms with Crippen LogP contribution in [0.1, 0.15) is 83.9 Å². The van der Waals surface area contributed by atoms with Gasteiger partial charge in [0.15, 0.2) is 5.78 Å². The van der Waals surface area contributed by atoms with E-state index < -0.39 is 5.91 Å². The van der Waals surface area contributed by atoms with Gasteiger partial charge in [-0.3, -0.25) is 14.4 Å². The van der Waals surface area contributed by atoms with Crippen molar-refractivity contribution in [3.63, 3.8) is 0 Å². The van der Waals surface area contributed by atoms with Gasteiger partial charge in [-0.2, -0.15) is 0 Å². The highest BCUT2D eigenvalue weighted by Gasteiger charge is 2.41. The number of hydrogen-bond donors (Lipinski definition) is 3.